The van der Waals surface area contributed by atoms with Crippen LogP contribution in [0, 0.1) is 11.6 Å². The van der Waals surface area contributed by atoms with Gasteiger partial charge in [0.2, 0.25) is 0 Å². The van der Waals surface area contributed by atoms with Gasteiger partial charge in [0.15, 0.2) is 0 Å². The minimum absolute atomic E-state index is 0.335. The first-order valence-electron chi connectivity index (χ1n) is 5.43. The Bertz CT molecular complexity index is 331. The van der Waals surface area contributed by atoms with Gasteiger partial charge in [0.1, 0.15) is 11.6 Å². The van der Waals surface area contributed by atoms with Gasteiger partial charge in [-0.2, -0.15) is 0 Å². The van der Waals surface area contributed by atoms with Gasteiger partial charge in [0, 0.05) is 30.9 Å². The summed E-state index contributed by atoms with van der Waals surface area (Å²) in [4.78, 5) is 0. The van der Waals surface area contributed by atoms with Crippen molar-refractivity contribution in [1.29, 1.82) is 0 Å². The molecule has 0 saturated carbocycles. The molecule has 0 aliphatic heterocycles. The van der Waals surface area contributed by atoms with Crippen molar-refractivity contribution in [2.45, 2.75) is 25.8 Å². The van der Waals surface area contributed by atoms with E-state index >= 15 is 0 Å². The largest absolute Gasteiger partial charge is 0.381 e. The molecule has 2 N–H and O–H groups in total. The molecule has 0 aliphatic rings. The molecule has 0 radical (unpaired) electrons. The minimum Gasteiger partial charge on any atom is -0.381 e. The summed E-state index contributed by atoms with van der Waals surface area (Å²) >= 11 is 0. The molecule has 1 aromatic carbocycles. The molecule has 4 heteroatoms. The highest BCUT2D eigenvalue weighted by Crippen LogP contribution is 2.18. The van der Waals surface area contributed by atoms with Crippen LogP contribution in [0.2, 0.25) is 0 Å². The third-order valence-electron chi connectivity index (χ3n) is 2.28. The second-order valence-corrected chi connectivity index (χ2v) is 3.67. The van der Waals surface area contributed by atoms with Gasteiger partial charge in [-0.05, 0) is 18.9 Å². The van der Waals surface area contributed by atoms with E-state index in [0.29, 0.717) is 25.2 Å². The monoisotopic (exact) mass is 229 g/mol. The first-order valence-corrected chi connectivity index (χ1v) is 5.43. The van der Waals surface area contributed by atoms with Crippen LogP contribution < -0.4 is 5.73 Å². The number of benzene rings is 1. The Kier molecular flexibility index (Phi) is 5.35. The van der Waals surface area contributed by atoms with Crippen molar-refractivity contribution in [3.05, 3.63) is 35.4 Å². The molecule has 1 aromatic rings. The Balaban J connectivity index is 2.49. The Labute approximate surface area is 94.4 Å². The standard InChI is InChI=1S/C12H17F2NO/c1-2-6-16-7-5-12(15)10-4-3-9(13)8-11(10)14/h3-4,8,12H,2,5-7,15H2,1H3. The molecular weight excluding hydrogens is 212 g/mol. The normalized spacial score (nSPS) is 12.8. The van der Waals surface area contributed by atoms with Gasteiger partial charge in [0.05, 0.1) is 0 Å². The summed E-state index contributed by atoms with van der Waals surface area (Å²) in [6.07, 6.45) is 1.47. The molecule has 0 aromatic heterocycles. The van der Waals surface area contributed by atoms with E-state index in [0.717, 1.165) is 12.5 Å². The number of ether oxygens (including phenoxy) is 1. The highest BCUT2D eigenvalue weighted by atomic mass is 19.1. The van der Waals surface area contributed by atoms with E-state index < -0.39 is 17.7 Å². The van der Waals surface area contributed by atoms with Crippen LogP contribution in [0.1, 0.15) is 31.4 Å². The molecule has 1 rings (SSSR count). The topological polar surface area (TPSA) is 35.2 Å². The summed E-state index contributed by atoms with van der Waals surface area (Å²) in [7, 11) is 0. The lowest BCUT2D eigenvalue weighted by molar-refractivity contribution is 0.127. The molecule has 16 heavy (non-hydrogen) atoms. The summed E-state index contributed by atoms with van der Waals surface area (Å²) in [5, 5.41) is 0. The van der Waals surface area contributed by atoms with E-state index in [-0.39, 0.29) is 0 Å². The molecule has 0 spiro atoms. The predicted octanol–water partition coefficient (Wildman–Crippen LogP) is 2.78. The molecule has 2 nitrogen and oxygen atoms in total. The minimum atomic E-state index is -0.594. The molecule has 1 unspecified atom stereocenters. The lowest BCUT2D eigenvalue weighted by atomic mass is 10.0. The van der Waals surface area contributed by atoms with Crippen LogP contribution in [-0.4, -0.2) is 13.2 Å². The summed E-state index contributed by atoms with van der Waals surface area (Å²) in [6.45, 7) is 3.18. The Hall–Kier alpha value is -1.00. The summed E-state index contributed by atoms with van der Waals surface area (Å²) < 4.78 is 31.2. The lowest BCUT2D eigenvalue weighted by Gasteiger charge is -2.12. The van der Waals surface area contributed by atoms with Crippen molar-refractivity contribution in [1.82, 2.24) is 0 Å². The van der Waals surface area contributed by atoms with Crippen molar-refractivity contribution < 1.29 is 13.5 Å². The summed E-state index contributed by atoms with van der Waals surface area (Å²) in [5.41, 5.74) is 6.12. The molecule has 0 amide bonds. The van der Waals surface area contributed by atoms with Gasteiger partial charge < -0.3 is 10.5 Å². The predicted molar refractivity (Wildman–Crippen MR) is 59.0 cm³/mol. The van der Waals surface area contributed by atoms with Crippen molar-refractivity contribution in [2.75, 3.05) is 13.2 Å². The van der Waals surface area contributed by atoms with Crippen LogP contribution in [0.15, 0.2) is 18.2 Å². The molecule has 1 atom stereocenters. The van der Waals surface area contributed by atoms with Crippen LogP contribution in [0.5, 0.6) is 0 Å². The molecule has 0 saturated heterocycles. The molecular formula is C12H17F2NO. The maximum atomic E-state index is 13.3. The lowest BCUT2D eigenvalue weighted by Crippen LogP contribution is -2.15. The summed E-state index contributed by atoms with van der Waals surface area (Å²) in [5.74, 6) is -1.18. The quantitative estimate of drug-likeness (QED) is 0.761. The number of nitrogens with two attached hydrogens (primary N) is 1. The maximum Gasteiger partial charge on any atom is 0.130 e. The highest BCUT2D eigenvalue weighted by Gasteiger charge is 2.11. The van der Waals surface area contributed by atoms with Crippen LogP contribution in [0.25, 0.3) is 0 Å². The third kappa shape index (κ3) is 3.87. The number of hydrogen-bond donors (Lipinski definition) is 1. The van der Waals surface area contributed by atoms with Crippen molar-refractivity contribution in [2.24, 2.45) is 5.73 Å². The van der Waals surface area contributed by atoms with Crippen LogP contribution in [-0.2, 0) is 4.74 Å². The fourth-order valence-corrected chi connectivity index (χ4v) is 1.41. The van der Waals surface area contributed by atoms with Crippen LogP contribution >= 0.6 is 0 Å². The van der Waals surface area contributed by atoms with E-state index in [1.807, 2.05) is 6.92 Å². The zero-order chi connectivity index (χ0) is 12.0. The van der Waals surface area contributed by atoms with Crippen molar-refractivity contribution in [3.63, 3.8) is 0 Å². The SMILES string of the molecule is CCCOCCC(N)c1ccc(F)cc1F. The molecule has 0 fully saturated rings. The van der Waals surface area contributed by atoms with Gasteiger partial charge in [-0.3, -0.25) is 0 Å². The van der Waals surface area contributed by atoms with Gasteiger partial charge in [-0.1, -0.05) is 13.0 Å². The van der Waals surface area contributed by atoms with Gasteiger partial charge in [-0.25, -0.2) is 8.78 Å². The highest BCUT2D eigenvalue weighted by molar-refractivity contribution is 5.21. The molecule has 0 heterocycles. The average molecular weight is 229 g/mol. The first-order chi connectivity index (χ1) is 7.65. The van der Waals surface area contributed by atoms with Crippen LogP contribution in [0.4, 0.5) is 8.78 Å². The van der Waals surface area contributed by atoms with Crippen LogP contribution in [0.3, 0.4) is 0 Å². The fraction of sp³-hybridized carbons (Fsp3) is 0.500. The number of hydrogen-bond acceptors (Lipinski definition) is 2. The van der Waals surface area contributed by atoms with Crippen molar-refractivity contribution in [3.8, 4) is 0 Å². The molecule has 0 bridgehead atoms. The second-order valence-electron chi connectivity index (χ2n) is 3.67. The first kappa shape index (κ1) is 13.1. The Morgan fingerprint density at radius 3 is 2.69 bits per heavy atom. The van der Waals surface area contributed by atoms with Gasteiger partial charge in [-0.15, -0.1) is 0 Å². The average Bonchev–Trinajstić information content (AvgIpc) is 2.24. The zero-order valence-electron chi connectivity index (χ0n) is 9.38. The molecule has 0 aliphatic carbocycles. The maximum absolute atomic E-state index is 13.3. The third-order valence-corrected chi connectivity index (χ3v) is 2.28. The Morgan fingerprint density at radius 1 is 1.31 bits per heavy atom. The van der Waals surface area contributed by atoms with E-state index in [2.05, 4.69) is 0 Å². The fourth-order valence-electron chi connectivity index (χ4n) is 1.41. The number of rotatable bonds is 6. The van der Waals surface area contributed by atoms with E-state index in [4.69, 9.17) is 10.5 Å². The number of halogens is 2. The van der Waals surface area contributed by atoms with E-state index in [9.17, 15) is 8.78 Å². The second kappa shape index (κ2) is 6.55. The van der Waals surface area contributed by atoms with E-state index in [1.54, 1.807) is 0 Å². The van der Waals surface area contributed by atoms with Crippen molar-refractivity contribution >= 4 is 0 Å². The van der Waals surface area contributed by atoms with Gasteiger partial charge in [0.25, 0.3) is 0 Å². The zero-order valence-corrected chi connectivity index (χ0v) is 9.38. The smallest absolute Gasteiger partial charge is 0.130 e. The van der Waals surface area contributed by atoms with E-state index in [1.165, 1.54) is 12.1 Å². The van der Waals surface area contributed by atoms with Gasteiger partial charge >= 0.3 is 0 Å². The molecule has 90 valence electrons. The Morgan fingerprint density at radius 2 is 2.06 bits per heavy atom. The summed E-state index contributed by atoms with van der Waals surface area (Å²) in [6, 6.07) is 3.00.